The summed E-state index contributed by atoms with van der Waals surface area (Å²) in [6.07, 6.45) is 8.88. The van der Waals surface area contributed by atoms with E-state index in [1.807, 2.05) is 28.8 Å². The first kappa shape index (κ1) is 21.0. The van der Waals surface area contributed by atoms with Crippen molar-refractivity contribution < 1.29 is 13.2 Å². The number of nitrogens with one attached hydrogen (secondary N) is 1. The number of carbonyl (C=O) groups excluding carboxylic acids is 1. The summed E-state index contributed by atoms with van der Waals surface area (Å²) in [7, 11) is -3.79. The Hall–Kier alpha value is -2.26. The molecule has 4 rings (SSSR count). The first-order chi connectivity index (χ1) is 14.4. The molecule has 30 heavy (non-hydrogen) atoms. The molecule has 1 aliphatic heterocycles. The normalized spacial score (nSPS) is 20.2. The smallest absolute Gasteiger partial charge is 0.243 e. The van der Waals surface area contributed by atoms with Crippen molar-refractivity contribution >= 4 is 15.9 Å². The molecule has 1 aromatic heterocycles. The number of nitrogens with zero attached hydrogens (tertiary/aromatic N) is 4. The molecule has 9 heteroatoms. The lowest BCUT2D eigenvalue weighted by atomic mass is 9.81. The van der Waals surface area contributed by atoms with Crippen LogP contribution in [0.4, 0.5) is 0 Å². The van der Waals surface area contributed by atoms with Gasteiger partial charge in [0.2, 0.25) is 15.9 Å². The molecule has 0 unspecified atom stereocenters. The van der Waals surface area contributed by atoms with Crippen LogP contribution in [0.2, 0.25) is 0 Å². The van der Waals surface area contributed by atoms with E-state index in [1.165, 1.54) is 0 Å². The minimum atomic E-state index is -3.79. The van der Waals surface area contributed by atoms with Gasteiger partial charge < -0.3 is 4.90 Å². The second-order valence-corrected chi connectivity index (χ2v) is 10.2. The van der Waals surface area contributed by atoms with Gasteiger partial charge >= 0.3 is 0 Å². The second-order valence-electron chi connectivity index (χ2n) is 8.47. The number of amides is 1. The van der Waals surface area contributed by atoms with Gasteiger partial charge in [-0.15, -0.1) is 5.10 Å². The van der Waals surface area contributed by atoms with Crippen LogP contribution in [-0.2, 0) is 14.8 Å². The molecule has 0 radical (unpaired) electrons. The summed E-state index contributed by atoms with van der Waals surface area (Å²) in [6, 6.07) is 7.05. The van der Waals surface area contributed by atoms with E-state index in [1.54, 1.807) is 24.4 Å². The van der Waals surface area contributed by atoms with Crippen LogP contribution in [0.5, 0.6) is 0 Å². The number of sulfonamides is 1. The van der Waals surface area contributed by atoms with Gasteiger partial charge in [0.25, 0.3) is 0 Å². The molecule has 2 aromatic rings. The molecule has 1 N–H and O–H groups in total. The van der Waals surface area contributed by atoms with Crippen molar-refractivity contribution in [3.63, 3.8) is 0 Å². The van der Waals surface area contributed by atoms with Gasteiger partial charge in [0, 0.05) is 19.3 Å². The van der Waals surface area contributed by atoms with Crippen molar-refractivity contribution in [3.8, 4) is 0 Å². The van der Waals surface area contributed by atoms with Gasteiger partial charge in [-0.25, -0.2) is 13.1 Å². The van der Waals surface area contributed by atoms with E-state index in [9.17, 15) is 13.2 Å². The molecule has 1 aliphatic carbocycles. The zero-order valence-corrected chi connectivity index (χ0v) is 18.1. The molecule has 0 atom stereocenters. The maximum Gasteiger partial charge on any atom is 0.243 e. The van der Waals surface area contributed by atoms with Crippen LogP contribution < -0.4 is 4.72 Å². The molecule has 1 amide bonds. The number of carbonyl (C=O) groups is 1. The van der Waals surface area contributed by atoms with Crippen LogP contribution in [0.25, 0.3) is 0 Å². The highest BCUT2D eigenvalue weighted by Crippen LogP contribution is 2.33. The van der Waals surface area contributed by atoms with Crippen LogP contribution in [0, 0.1) is 6.92 Å². The molecule has 8 nitrogen and oxygen atoms in total. The van der Waals surface area contributed by atoms with Crippen LogP contribution >= 0.6 is 0 Å². The van der Waals surface area contributed by atoms with E-state index >= 15 is 0 Å². The Morgan fingerprint density at radius 2 is 1.90 bits per heavy atom. The first-order valence-electron chi connectivity index (χ1n) is 10.7. The number of aryl methyl sites for hydroxylation is 1. The van der Waals surface area contributed by atoms with Crippen LogP contribution in [-0.4, -0.2) is 52.8 Å². The second kappa shape index (κ2) is 8.47. The first-order valence-corrected chi connectivity index (χ1v) is 12.1. The highest BCUT2D eigenvalue weighted by atomic mass is 32.2. The zero-order chi connectivity index (χ0) is 21.2. The van der Waals surface area contributed by atoms with Gasteiger partial charge in [-0.3, -0.25) is 4.79 Å². The molecule has 1 aromatic carbocycles. The number of aromatic nitrogens is 3. The molecule has 2 fully saturated rings. The highest BCUT2D eigenvalue weighted by molar-refractivity contribution is 7.89. The number of hydrogen-bond acceptors (Lipinski definition) is 5. The van der Waals surface area contributed by atoms with Crippen molar-refractivity contribution in [2.75, 3.05) is 13.1 Å². The molecular weight excluding hydrogens is 402 g/mol. The average Bonchev–Trinajstić information content (AvgIpc) is 3.29. The Morgan fingerprint density at radius 1 is 1.17 bits per heavy atom. The summed E-state index contributed by atoms with van der Waals surface area (Å²) >= 11 is 0. The Kier molecular flexibility index (Phi) is 5.92. The SMILES string of the molecule is Cc1cccc(S(=O)(=O)NC2(C(=O)N3CCC(n4ccnn4)CC3)CCCCC2)c1. The van der Waals surface area contributed by atoms with Gasteiger partial charge in [-0.2, -0.15) is 4.72 Å². The largest absolute Gasteiger partial charge is 0.341 e. The molecule has 1 saturated carbocycles. The topological polar surface area (TPSA) is 97.2 Å². The fourth-order valence-corrected chi connectivity index (χ4v) is 6.18. The minimum absolute atomic E-state index is 0.0875. The molecule has 2 aliphatic rings. The minimum Gasteiger partial charge on any atom is -0.341 e. The predicted molar refractivity (Wildman–Crippen MR) is 112 cm³/mol. The van der Waals surface area contributed by atoms with Crippen molar-refractivity contribution in [1.29, 1.82) is 0 Å². The third-order valence-electron chi connectivity index (χ3n) is 6.31. The van der Waals surface area contributed by atoms with Gasteiger partial charge in [-0.1, -0.05) is 36.6 Å². The van der Waals surface area contributed by atoms with E-state index in [4.69, 9.17) is 0 Å². The number of likely N-dealkylation sites (tertiary alicyclic amines) is 1. The van der Waals surface area contributed by atoms with Crippen LogP contribution in [0.15, 0.2) is 41.6 Å². The summed E-state index contributed by atoms with van der Waals surface area (Å²) in [4.78, 5) is 15.7. The van der Waals surface area contributed by atoms with E-state index in [0.29, 0.717) is 25.9 Å². The fraction of sp³-hybridized carbons (Fsp3) is 0.571. The van der Waals surface area contributed by atoms with Gasteiger partial charge in [0.1, 0.15) is 5.54 Å². The number of piperidine rings is 1. The molecule has 0 spiro atoms. The fourth-order valence-electron chi connectivity index (χ4n) is 4.66. The monoisotopic (exact) mass is 431 g/mol. The third-order valence-corrected chi connectivity index (χ3v) is 7.85. The molecule has 1 saturated heterocycles. The summed E-state index contributed by atoms with van der Waals surface area (Å²) in [5, 5.41) is 7.94. The van der Waals surface area contributed by atoms with Crippen molar-refractivity contribution in [1.82, 2.24) is 24.6 Å². The number of hydrogen-bond donors (Lipinski definition) is 1. The predicted octanol–water partition coefficient (Wildman–Crippen LogP) is 2.43. The maximum absolute atomic E-state index is 13.6. The van der Waals surface area contributed by atoms with Crippen LogP contribution in [0.3, 0.4) is 0 Å². The van der Waals surface area contributed by atoms with E-state index in [0.717, 1.165) is 37.7 Å². The lowest BCUT2D eigenvalue weighted by molar-refractivity contribution is -0.140. The molecule has 0 bridgehead atoms. The molecule has 2 heterocycles. The lowest BCUT2D eigenvalue weighted by Gasteiger charge is -2.42. The Morgan fingerprint density at radius 3 is 2.53 bits per heavy atom. The van der Waals surface area contributed by atoms with E-state index in [-0.39, 0.29) is 16.8 Å². The van der Waals surface area contributed by atoms with E-state index < -0.39 is 15.6 Å². The summed E-state index contributed by atoms with van der Waals surface area (Å²) in [5.41, 5.74) is -0.182. The summed E-state index contributed by atoms with van der Waals surface area (Å²) < 4.78 is 31.0. The lowest BCUT2D eigenvalue weighted by Crippen LogP contribution is -2.61. The van der Waals surface area contributed by atoms with E-state index in [2.05, 4.69) is 15.0 Å². The zero-order valence-electron chi connectivity index (χ0n) is 17.3. The highest BCUT2D eigenvalue weighted by Gasteiger charge is 2.45. The van der Waals surface area contributed by atoms with Crippen molar-refractivity contribution in [2.45, 2.75) is 68.3 Å². The number of benzene rings is 1. The third kappa shape index (κ3) is 4.27. The maximum atomic E-state index is 13.6. The van der Waals surface area contributed by atoms with Gasteiger partial charge in [0.15, 0.2) is 0 Å². The number of rotatable bonds is 5. The molecule has 162 valence electrons. The average molecular weight is 432 g/mol. The molecular formula is C21H29N5O3S. The van der Waals surface area contributed by atoms with Gasteiger partial charge in [-0.05, 0) is 50.3 Å². The Balaban J connectivity index is 1.52. The Labute approximate surface area is 177 Å². The summed E-state index contributed by atoms with van der Waals surface area (Å²) in [6.45, 7) is 3.05. The standard InChI is InChI=1S/C21H29N5O3S/c1-17-6-5-7-19(16-17)30(28,29)23-21(10-3-2-4-11-21)20(27)25-13-8-18(9-14-25)26-15-12-22-24-26/h5-7,12,15-16,18,23H,2-4,8-11,13-14H2,1H3. The Bertz CT molecular complexity index is 976. The quantitative estimate of drug-likeness (QED) is 0.784. The van der Waals surface area contributed by atoms with Gasteiger partial charge in [0.05, 0.1) is 17.1 Å². The summed E-state index contributed by atoms with van der Waals surface area (Å²) in [5.74, 6) is -0.0875. The van der Waals surface area contributed by atoms with Crippen LogP contribution in [0.1, 0.15) is 56.6 Å². The van der Waals surface area contributed by atoms with Crippen molar-refractivity contribution in [2.24, 2.45) is 0 Å². The van der Waals surface area contributed by atoms with Crippen molar-refractivity contribution in [3.05, 3.63) is 42.2 Å².